The van der Waals surface area contributed by atoms with Gasteiger partial charge in [0.2, 0.25) is 17.7 Å². The lowest BCUT2D eigenvalue weighted by Gasteiger charge is -2.27. The van der Waals surface area contributed by atoms with Crippen molar-refractivity contribution in [1.29, 1.82) is 0 Å². The van der Waals surface area contributed by atoms with Crippen LogP contribution in [0, 0.1) is 5.82 Å². The van der Waals surface area contributed by atoms with Gasteiger partial charge in [0.15, 0.2) is 0 Å². The van der Waals surface area contributed by atoms with Gasteiger partial charge in [-0.25, -0.2) is 4.39 Å². The molecule has 0 aliphatic carbocycles. The first-order valence-corrected chi connectivity index (χ1v) is 13.3. The summed E-state index contributed by atoms with van der Waals surface area (Å²) in [5.41, 5.74) is 5.19. The number of carbonyl (C=O) groups is 3. The smallest absolute Gasteiger partial charge is 0.416 e. The lowest BCUT2D eigenvalue weighted by Crippen LogP contribution is -2.55. The van der Waals surface area contributed by atoms with E-state index in [1.54, 1.807) is 6.07 Å². The third-order valence-corrected chi connectivity index (χ3v) is 6.49. The summed E-state index contributed by atoms with van der Waals surface area (Å²) in [5, 5.41) is 19.0. The number of nitrogens with two attached hydrogens (primary N) is 1. The monoisotopic (exact) mass is 582 g/mol. The number of primary amides is 1. The summed E-state index contributed by atoms with van der Waals surface area (Å²) in [6.45, 7) is 0.115. The third kappa shape index (κ3) is 10.7. The van der Waals surface area contributed by atoms with E-state index in [9.17, 15) is 37.1 Å². The van der Waals surface area contributed by atoms with Gasteiger partial charge in [0.25, 0.3) is 0 Å². The van der Waals surface area contributed by atoms with Crippen LogP contribution in [0.4, 0.5) is 17.6 Å². The van der Waals surface area contributed by atoms with Crippen LogP contribution in [-0.4, -0.2) is 54.2 Å². The van der Waals surface area contributed by atoms with Crippen molar-refractivity contribution < 1.29 is 41.8 Å². The first-order chi connectivity index (χ1) is 19.4. The highest BCUT2D eigenvalue weighted by atomic mass is 19.4. The Balaban J connectivity index is 1.80. The predicted molar refractivity (Wildman–Crippen MR) is 141 cm³/mol. The lowest BCUT2D eigenvalue weighted by atomic mass is 9.99. The summed E-state index contributed by atoms with van der Waals surface area (Å²) >= 11 is 0. The molecule has 3 amide bonds. The molecule has 1 heterocycles. The number of benzene rings is 2. The molecule has 3 atom stereocenters. The van der Waals surface area contributed by atoms with Gasteiger partial charge in [0.05, 0.1) is 30.7 Å². The summed E-state index contributed by atoms with van der Waals surface area (Å²) in [6.07, 6.45) is -4.52. The van der Waals surface area contributed by atoms with Crippen molar-refractivity contribution in [3.8, 4) is 5.75 Å². The number of alkyl halides is 3. The maximum atomic E-state index is 14.4. The zero-order valence-electron chi connectivity index (χ0n) is 22.3. The van der Waals surface area contributed by atoms with Crippen molar-refractivity contribution >= 4 is 17.7 Å². The van der Waals surface area contributed by atoms with E-state index >= 15 is 0 Å². The predicted octanol–water partition coefficient (Wildman–Crippen LogP) is 2.34. The number of amides is 3. The first kappa shape index (κ1) is 31.8. The molecule has 6 N–H and O–H groups in total. The molecule has 0 fully saturated rings. The molecular formula is C28H34F4N4O5. The fourth-order valence-corrected chi connectivity index (χ4v) is 4.44. The van der Waals surface area contributed by atoms with Gasteiger partial charge in [-0.15, -0.1) is 0 Å². The molecule has 0 saturated heterocycles. The van der Waals surface area contributed by atoms with E-state index in [0.29, 0.717) is 30.4 Å². The van der Waals surface area contributed by atoms with E-state index in [0.717, 1.165) is 12.1 Å². The van der Waals surface area contributed by atoms with Crippen LogP contribution in [0.2, 0.25) is 0 Å². The molecule has 13 heteroatoms. The maximum Gasteiger partial charge on any atom is 0.416 e. The molecule has 9 nitrogen and oxygen atoms in total. The van der Waals surface area contributed by atoms with Crippen LogP contribution in [0.15, 0.2) is 42.5 Å². The Bertz CT molecular complexity index is 1210. The molecular weight excluding hydrogens is 548 g/mol. The summed E-state index contributed by atoms with van der Waals surface area (Å²) in [4.78, 5) is 37.2. The Kier molecular flexibility index (Phi) is 11.5. The SMILES string of the molecule is NC(=O)C[C@@H]1NC(=O)CCCCCOc2cc(F)cc(c2)C[C@@H]([C@H](O)CNCc2cccc(C(F)(F)F)c2)NC1=O. The fourth-order valence-electron chi connectivity index (χ4n) is 4.44. The van der Waals surface area contributed by atoms with Gasteiger partial charge in [-0.3, -0.25) is 14.4 Å². The molecule has 224 valence electrons. The van der Waals surface area contributed by atoms with Crippen molar-refractivity contribution in [1.82, 2.24) is 16.0 Å². The quantitative estimate of drug-likeness (QED) is 0.317. The second-order valence-electron chi connectivity index (χ2n) is 9.96. The van der Waals surface area contributed by atoms with E-state index in [1.807, 2.05) is 0 Å². The van der Waals surface area contributed by atoms with Gasteiger partial charge < -0.3 is 31.5 Å². The summed E-state index contributed by atoms with van der Waals surface area (Å²) in [7, 11) is 0. The average molecular weight is 583 g/mol. The van der Waals surface area contributed by atoms with Crippen LogP contribution >= 0.6 is 0 Å². The second kappa shape index (κ2) is 14.8. The van der Waals surface area contributed by atoms with Gasteiger partial charge in [0.1, 0.15) is 17.6 Å². The normalized spacial score (nSPS) is 19.9. The van der Waals surface area contributed by atoms with Gasteiger partial charge in [-0.2, -0.15) is 13.2 Å². The summed E-state index contributed by atoms with van der Waals surface area (Å²) < 4.78 is 59.1. The van der Waals surface area contributed by atoms with Crippen molar-refractivity contribution in [2.24, 2.45) is 5.73 Å². The number of halogens is 4. The molecule has 0 saturated carbocycles. The Hall–Kier alpha value is -3.71. The highest BCUT2D eigenvalue weighted by Crippen LogP contribution is 2.29. The topological polar surface area (TPSA) is 143 Å². The van der Waals surface area contributed by atoms with E-state index in [1.165, 1.54) is 24.3 Å². The molecule has 1 aliphatic rings. The number of aliphatic hydroxyl groups is 1. The fraction of sp³-hybridized carbons (Fsp3) is 0.464. The molecule has 0 aromatic heterocycles. The maximum absolute atomic E-state index is 14.4. The molecule has 0 unspecified atom stereocenters. The van der Waals surface area contributed by atoms with Crippen LogP contribution in [0.1, 0.15) is 48.8 Å². The zero-order valence-corrected chi connectivity index (χ0v) is 22.3. The average Bonchev–Trinajstić information content (AvgIpc) is 2.88. The molecule has 0 radical (unpaired) electrons. The number of hydrogen-bond acceptors (Lipinski definition) is 6. The van der Waals surface area contributed by atoms with Gasteiger partial charge in [-0.05, 0) is 55.0 Å². The Labute approximate surface area is 234 Å². The largest absolute Gasteiger partial charge is 0.493 e. The van der Waals surface area contributed by atoms with Crippen LogP contribution in [0.25, 0.3) is 0 Å². The number of ether oxygens (including phenoxy) is 1. The van der Waals surface area contributed by atoms with Crippen LogP contribution in [0.3, 0.4) is 0 Å². The van der Waals surface area contributed by atoms with Crippen LogP contribution in [-0.2, 0) is 33.5 Å². The van der Waals surface area contributed by atoms with Crippen LogP contribution in [0.5, 0.6) is 5.75 Å². The highest BCUT2D eigenvalue weighted by Gasteiger charge is 2.31. The van der Waals surface area contributed by atoms with E-state index in [2.05, 4.69) is 16.0 Å². The minimum atomic E-state index is -4.51. The Morgan fingerprint density at radius 1 is 1.12 bits per heavy atom. The highest BCUT2D eigenvalue weighted by molar-refractivity contribution is 5.91. The third-order valence-electron chi connectivity index (χ3n) is 6.49. The number of aliphatic hydroxyl groups excluding tert-OH is 1. The molecule has 41 heavy (non-hydrogen) atoms. The number of fused-ring (bicyclic) bond motifs is 2. The first-order valence-electron chi connectivity index (χ1n) is 13.3. The summed E-state index contributed by atoms with van der Waals surface area (Å²) in [5.74, 6) is -2.38. The number of rotatable bonds is 7. The van der Waals surface area contributed by atoms with Crippen molar-refractivity contribution in [3.63, 3.8) is 0 Å². The summed E-state index contributed by atoms with van der Waals surface area (Å²) in [6, 6.07) is 6.37. The van der Waals surface area contributed by atoms with Crippen molar-refractivity contribution in [2.45, 2.75) is 69.4 Å². The molecule has 2 aromatic rings. The standard InChI is InChI=1S/C28H34F4N4O5/c29-20-10-18-11-21(13-20)41-8-3-1-2-7-26(39)35-23(14-25(33)38)27(40)36-22(12-18)24(37)16-34-15-17-5-4-6-19(9-17)28(30,31)32/h4-6,9-11,13,22-24,34,37H,1-3,7-8,12,14-16H2,(H2,33,38)(H,35,39)(H,36,40)/t22-,23-,24+/m0/s1. The second-order valence-corrected chi connectivity index (χ2v) is 9.96. The van der Waals surface area contributed by atoms with Crippen molar-refractivity contribution in [3.05, 3.63) is 65.0 Å². The molecule has 2 bridgehead atoms. The van der Waals surface area contributed by atoms with Crippen molar-refractivity contribution in [2.75, 3.05) is 13.2 Å². The number of carbonyl (C=O) groups excluding carboxylic acids is 3. The Morgan fingerprint density at radius 3 is 2.63 bits per heavy atom. The van der Waals surface area contributed by atoms with Gasteiger partial charge in [-0.1, -0.05) is 18.2 Å². The minimum absolute atomic E-state index is 0.0139. The lowest BCUT2D eigenvalue weighted by molar-refractivity contribution is -0.137. The van der Waals surface area contributed by atoms with E-state index in [4.69, 9.17) is 10.5 Å². The van der Waals surface area contributed by atoms with E-state index in [-0.39, 0.29) is 38.3 Å². The molecule has 1 aliphatic heterocycles. The number of hydrogen-bond donors (Lipinski definition) is 5. The van der Waals surface area contributed by atoms with Gasteiger partial charge >= 0.3 is 6.18 Å². The Morgan fingerprint density at radius 2 is 1.90 bits per heavy atom. The van der Waals surface area contributed by atoms with Gasteiger partial charge in [0, 0.05) is 25.6 Å². The molecule has 2 aromatic carbocycles. The molecule has 3 rings (SSSR count). The van der Waals surface area contributed by atoms with Crippen LogP contribution < -0.4 is 26.4 Å². The van der Waals surface area contributed by atoms with E-state index < -0.39 is 59.9 Å². The molecule has 0 spiro atoms. The number of nitrogens with one attached hydrogen (secondary N) is 3. The minimum Gasteiger partial charge on any atom is -0.493 e. The zero-order chi connectivity index (χ0) is 30.0.